The molecule has 0 aliphatic carbocycles. The molecule has 30 heavy (non-hydrogen) atoms. The van der Waals surface area contributed by atoms with Crippen molar-refractivity contribution in [2.75, 3.05) is 26.6 Å². The number of nitrogens with zero attached hydrogens (tertiary/aromatic N) is 2. The van der Waals surface area contributed by atoms with Crippen molar-refractivity contribution in [1.82, 2.24) is 0 Å². The Bertz CT molecular complexity index is 1100. The molecule has 3 aromatic rings. The fraction of sp³-hybridized carbons (Fsp3) is 0.208. The zero-order valence-electron chi connectivity index (χ0n) is 17.9. The molecule has 1 aliphatic heterocycles. The molecule has 4 rings (SSSR count). The van der Waals surface area contributed by atoms with Crippen LogP contribution in [0.5, 0.6) is 11.5 Å². The molecule has 1 unspecified atom stereocenters. The van der Waals surface area contributed by atoms with E-state index in [1.807, 2.05) is 37.4 Å². The summed E-state index contributed by atoms with van der Waals surface area (Å²) in [5.74, 6) is 2.12. The molecular weight excluding hydrogens is 376 g/mol. The standard InChI is InChI=1S/C24H26N4O2/c1-15-7-6-8-19(9-15)25-24-26-23-16(2)10-17(13-22(23)28(3)27-24)18-11-20(29-4)14-21(12-18)30-5/h6-14,28H,1-5H3,(H-,25,26,27). The Morgan fingerprint density at radius 1 is 0.900 bits per heavy atom. The van der Waals surface area contributed by atoms with Crippen LogP contribution in [-0.4, -0.2) is 27.2 Å². The quantitative estimate of drug-likeness (QED) is 0.674. The van der Waals surface area contributed by atoms with Gasteiger partial charge < -0.3 is 19.8 Å². The molecule has 154 valence electrons. The van der Waals surface area contributed by atoms with E-state index in [1.54, 1.807) is 14.2 Å². The topological polar surface area (TPSA) is 61.4 Å². The number of aryl methyl sites for hydroxylation is 2. The SMILES string of the molecule is COc1cc(OC)cc(-c2cc(C)c3c(c2)[NH+](C)[N-]C(Nc2cccc(C)c2)=N3)c1. The van der Waals surface area contributed by atoms with Crippen molar-refractivity contribution < 1.29 is 14.5 Å². The molecule has 0 radical (unpaired) electrons. The Hall–Kier alpha value is -3.51. The minimum atomic E-state index is 0.601. The summed E-state index contributed by atoms with van der Waals surface area (Å²) in [5.41, 5.74) is 12.0. The molecule has 2 N–H and O–H groups in total. The van der Waals surface area contributed by atoms with Gasteiger partial charge in [-0.05, 0) is 48.4 Å². The van der Waals surface area contributed by atoms with Crippen molar-refractivity contribution in [2.45, 2.75) is 13.8 Å². The number of anilines is 1. The largest absolute Gasteiger partial charge is 0.497 e. The summed E-state index contributed by atoms with van der Waals surface area (Å²) >= 11 is 0. The van der Waals surface area contributed by atoms with E-state index in [9.17, 15) is 0 Å². The van der Waals surface area contributed by atoms with Gasteiger partial charge >= 0.3 is 0 Å². The predicted molar refractivity (Wildman–Crippen MR) is 122 cm³/mol. The van der Waals surface area contributed by atoms with E-state index in [0.717, 1.165) is 50.3 Å². The lowest BCUT2D eigenvalue weighted by Crippen LogP contribution is -3.00. The summed E-state index contributed by atoms with van der Waals surface area (Å²) in [5, 5.41) is 4.25. The monoisotopic (exact) mass is 402 g/mol. The highest BCUT2D eigenvalue weighted by Crippen LogP contribution is 2.37. The number of quaternary nitrogens is 1. The maximum absolute atomic E-state index is 5.43. The summed E-state index contributed by atoms with van der Waals surface area (Å²) < 4.78 is 10.9. The van der Waals surface area contributed by atoms with Crippen molar-refractivity contribution >= 4 is 23.0 Å². The van der Waals surface area contributed by atoms with Crippen LogP contribution in [0.15, 0.2) is 59.6 Å². The first-order valence-electron chi connectivity index (χ1n) is 9.83. The minimum Gasteiger partial charge on any atom is -0.497 e. The molecule has 1 atom stereocenters. The fourth-order valence-corrected chi connectivity index (χ4v) is 3.60. The maximum atomic E-state index is 5.43. The van der Waals surface area contributed by atoms with Crippen LogP contribution in [0.4, 0.5) is 17.1 Å². The molecule has 0 aromatic heterocycles. The minimum absolute atomic E-state index is 0.601. The Kier molecular flexibility index (Phi) is 5.33. The Morgan fingerprint density at radius 2 is 1.60 bits per heavy atom. The summed E-state index contributed by atoms with van der Waals surface area (Å²) in [7, 11) is 5.33. The van der Waals surface area contributed by atoms with Crippen molar-refractivity contribution in [2.24, 2.45) is 4.99 Å². The third-order valence-electron chi connectivity index (χ3n) is 5.14. The van der Waals surface area contributed by atoms with Crippen LogP contribution in [0.3, 0.4) is 0 Å². The molecule has 0 amide bonds. The second kappa shape index (κ2) is 8.08. The zero-order valence-corrected chi connectivity index (χ0v) is 17.9. The van der Waals surface area contributed by atoms with Crippen molar-refractivity contribution in [3.05, 3.63) is 71.1 Å². The molecule has 6 nitrogen and oxygen atoms in total. The van der Waals surface area contributed by atoms with Gasteiger partial charge in [0.1, 0.15) is 11.5 Å². The van der Waals surface area contributed by atoms with Crippen molar-refractivity contribution in [3.63, 3.8) is 0 Å². The highest BCUT2D eigenvalue weighted by atomic mass is 16.5. The second-order valence-electron chi connectivity index (χ2n) is 7.42. The summed E-state index contributed by atoms with van der Waals surface area (Å²) in [6, 6.07) is 18.3. The number of benzene rings is 3. The van der Waals surface area contributed by atoms with E-state index < -0.39 is 0 Å². The number of methoxy groups -OCH3 is 2. The highest BCUT2D eigenvalue weighted by molar-refractivity contribution is 6.05. The molecule has 1 heterocycles. The molecule has 1 aliphatic rings. The number of rotatable bonds is 4. The van der Waals surface area contributed by atoms with Gasteiger partial charge in [-0.15, -0.1) is 0 Å². The molecule has 0 saturated heterocycles. The van der Waals surface area contributed by atoms with Gasteiger partial charge in [-0.3, -0.25) is 0 Å². The number of nitrogens with one attached hydrogen (secondary N) is 2. The lowest BCUT2D eigenvalue weighted by Gasteiger charge is -2.30. The molecule has 6 heteroatoms. The first-order valence-corrected chi connectivity index (χ1v) is 9.83. The smallest absolute Gasteiger partial charge is 0.157 e. The van der Waals surface area contributed by atoms with E-state index in [-0.39, 0.29) is 0 Å². The first-order chi connectivity index (χ1) is 14.5. The lowest BCUT2D eigenvalue weighted by molar-refractivity contribution is -0.761. The van der Waals surface area contributed by atoms with Crippen LogP contribution >= 0.6 is 0 Å². The number of fused-ring (bicyclic) bond motifs is 1. The van der Waals surface area contributed by atoms with Crippen LogP contribution in [0.1, 0.15) is 11.1 Å². The first kappa shape index (κ1) is 19.8. The normalized spacial score (nSPS) is 15.0. The van der Waals surface area contributed by atoms with Gasteiger partial charge in [-0.1, -0.05) is 35.9 Å². The number of aliphatic imine (C=N–C) groups is 1. The predicted octanol–water partition coefficient (Wildman–Crippen LogP) is 4.54. The van der Waals surface area contributed by atoms with Gasteiger partial charge in [0.2, 0.25) is 0 Å². The van der Waals surface area contributed by atoms with E-state index in [4.69, 9.17) is 19.9 Å². The average molecular weight is 402 g/mol. The molecule has 0 bridgehead atoms. The van der Waals surface area contributed by atoms with Gasteiger partial charge in [0.05, 0.1) is 32.9 Å². The molecule has 0 fully saturated rings. The molecule has 3 aromatic carbocycles. The van der Waals surface area contributed by atoms with Crippen LogP contribution in [0, 0.1) is 13.8 Å². The fourth-order valence-electron chi connectivity index (χ4n) is 3.60. The third kappa shape index (κ3) is 3.95. The number of hydrogen-bond donors (Lipinski definition) is 2. The number of ether oxygens (including phenoxy) is 2. The second-order valence-corrected chi connectivity index (χ2v) is 7.42. The Balaban J connectivity index is 1.72. The van der Waals surface area contributed by atoms with Crippen LogP contribution in [0.2, 0.25) is 0 Å². The number of guanidine groups is 1. The highest BCUT2D eigenvalue weighted by Gasteiger charge is 2.19. The maximum Gasteiger partial charge on any atom is 0.157 e. The van der Waals surface area contributed by atoms with Crippen LogP contribution < -0.4 is 19.8 Å². The van der Waals surface area contributed by atoms with Crippen molar-refractivity contribution in [3.8, 4) is 22.6 Å². The zero-order chi connectivity index (χ0) is 21.3. The summed E-state index contributed by atoms with van der Waals surface area (Å²) in [6.45, 7) is 4.14. The van der Waals surface area contributed by atoms with Gasteiger partial charge in [-0.2, -0.15) is 5.43 Å². The molecule has 0 spiro atoms. The van der Waals surface area contributed by atoms with Gasteiger partial charge in [-0.25, -0.2) is 5.01 Å². The van der Waals surface area contributed by atoms with Gasteiger partial charge in [0.15, 0.2) is 5.69 Å². The third-order valence-corrected chi connectivity index (χ3v) is 5.14. The van der Waals surface area contributed by atoms with E-state index in [0.29, 0.717) is 5.96 Å². The van der Waals surface area contributed by atoms with E-state index in [1.165, 1.54) is 5.56 Å². The van der Waals surface area contributed by atoms with Gasteiger partial charge in [0.25, 0.3) is 0 Å². The molecular formula is C24H26N4O2. The lowest BCUT2D eigenvalue weighted by atomic mass is 10.00. The average Bonchev–Trinajstić information content (AvgIpc) is 2.74. The Labute approximate surface area is 177 Å². The Morgan fingerprint density at radius 3 is 2.27 bits per heavy atom. The van der Waals surface area contributed by atoms with E-state index >= 15 is 0 Å². The van der Waals surface area contributed by atoms with Crippen molar-refractivity contribution in [1.29, 1.82) is 0 Å². The summed E-state index contributed by atoms with van der Waals surface area (Å²) in [6.07, 6.45) is 0. The molecule has 0 saturated carbocycles. The van der Waals surface area contributed by atoms with Gasteiger partial charge in [0, 0.05) is 12.1 Å². The van der Waals surface area contributed by atoms with Crippen LogP contribution in [-0.2, 0) is 0 Å². The van der Waals surface area contributed by atoms with E-state index in [2.05, 4.69) is 43.4 Å². The number of hydrogen-bond acceptors (Lipinski definition) is 4. The van der Waals surface area contributed by atoms with Crippen LogP contribution in [0.25, 0.3) is 16.6 Å². The summed E-state index contributed by atoms with van der Waals surface area (Å²) in [4.78, 5) is 4.79.